The molecule has 152 valence electrons. The summed E-state index contributed by atoms with van der Waals surface area (Å²) >= 11 is 0. The van der Waals surface area contributed by atoms with Crippen LogP contribution in [0.2, 0.25) is 0 Å². The van der Waals surface area contributed by atoms with Crippen LogP contribution < -0.4 is 10.1 Å². The van der Waals surface area contributed by atoms with Crippen LogP contribution in [0.3, 0.4) is 0 Å². The molecule has 2 rings (SSSR count). The molecule has 0 radical (unpaired) electrons. The molecule has 0 aliphatic rings. The summed E-state index contributed by atoms with van der Waals surface area (Å²) < 4.78 is 46.4. The molecule has 28 heavy (non-hydrogen) atoms. The van der Waals surface area contributed by atoms with E-state index in [2.05, 4.69) is 5.32 Å². The van der Waals surface area contributed by atoms with E-state index in [0.29, 0.717) is 18.0 Å². The van der Waals surface area contributed by atoms with Crippen molar-refractivity contribution < 1.29 is 22.3 Å². The van der Waals surface area contributed by atoms with E-state index in [1.54, 1.807) is 38.1 Å². The molecule has 0 unspecified atom stereocenters. The predicted octanol–water partition coefficient (Wildman–Crippen LogP) is 3.90. The molecule has 1 N–H and O–H groups in total. The fraction of sp³-hybridized carbons (Fsp3) is 0.350. The molecule has 2 aromatic carbocycles. The topological polar surface area (TPSA) is 75.7 Å². The van der Waals surface area contributed by atoms with Gasteiger partial charge < -0.3 is 10.1 Å². The first-order valence-corrected chi connectivity index (χ1v) is 10.6. The number of hydrogen-bond acceptors (Lipinski definition) is 4. The largest absolute Gasteiger partial charge is 0.491 e. The molecule has 0 heterocycles. The number of carbonyl (C=O) groups is 1. The Hall–Kier alpha value is -2.45. The number of ether oxygens (including phenoxy) is 1. The molecule has 0 saturated heterocycles. The lowest BCUT2D eigenvalue weighted by molar-refractivity contribution is 0.102. The molecule has 0 saturated carbocycles. The van der Waals surface area contributed by atoms with Gasteiger partial charge in [-0.05, 0) is 36.8 Å². The van der Waals surface area contributed by atoms with Gasteiger partial charge in [-0.25, -0.2) is 12.8 Å². The summed E-state index contributed by atoms with van der Waals surface area (Å²) in [7, 11) is -3.81. The highest BCUT2D eigenvalue weighted by Gasteiger charge is 2.24. The first-order chi connectivity index (χ1) is 13.3. The standard InChI is InChI=1S/C20H25FN2O4S/c1-4-13-27-19-10-8-7-9-18(19)22-20(24)16-14-15(11-12-17(16)21)28(25,26)23(5-2)6-3/h7-12,14H,4-6,13H2,1-3H3,(H,22,24). The Morgan fingerprint density at radius 3 is 2.43 bits per heavy atom. The molecule has 0 aliphatic carbocycles. The smallest absolute Gasteiger partial charge is 0.258 e. The van der Waals surface area contributed by atoms with E-state index < -0.39 is 21.7 Å². The number of benzene rings is 2. The molecular formula is C20H25FN2O4S. The lowest BCUT2D eigenvalue weighted by atomic mass is 10.2. The summed E-state index contributed by atoms with van der Waals surface area (Å²) in [6.07, 6.45) is 0.794. The quantitative estimate of drug-likeness (QED) is 0.683. The monoisotopic (exact) mass is 408 g/mol. The van der Waals surface area contributed by atoms with Gasteiger partial charge in [-0.1, -0.05) is 32.9 Å². The Morgan fingerprint density at radius 2 is 1.79 bits per heavy atom. The minimum atomic E-state index is -3.81. The summed E-state index contributed by atoms with van der Waals surface area (Å²) in [5.74, 6) is -1.09. The van der Waals surface area contributed by atoms with Crippen LogP contribution in [0.1, 0.15) is 37.6 Å². The Kier molecular flexibility index (Phi) is 7.53. The third-order valence-electron chi connectivity index (χ3n) is 4.12. The van der Waals surface area contributed by atoms with Crippen molar-refractivity contribution in [2.24, 2.45) is 0 Å². The Labute approximate surface area is 165 Å². The maximum atomic E-state index is 14.3. The molecule has 2 aromatic rings. The first kappa shape index (κ1) is 21.8. The summed E-state index contributed by atoms with van der Waals surface area (Å²) in [5.41, 5.74) is 0.0379. The van der Waals surface area contributed by atoms with E-state index in [-0.39, 0.29) is 23.5 Å². The van der Waals surface area contributed by atoms with Gasteiger partial charge in [-0.3, -0.25) is 4.79 Å². The predicted molar refractivity (Wildman–Crippen MR) is 107 cm³/mol. The zero-order chi connectivity index (χ0) is 20.7. The fourth-order valence-corrected chi connectivity index (χ4v) is 4.13. The number of rotatable bonds is 9. The van der Waals surface area contributed by atoms with Gasteiger partial charge >= 0.3 is 0 Å². The number of carbonyl (C=O) groups excluding carboxylic acids is 1. The van der Waals surface area contributed by atoms with E-state index in [1.165, 1.54) is 4.31 Å². The number of hydrogen-bond donors (Lipinski definition) is 1. The minimum Gasteiger partial charge on any atom is -0.491 e. The van der Waals surface area contributed by atoms with Crippen LogP contribution in [-0.4, -0.2) is 38.3 Å². The molecule has 0 aromatic heterocycles. The maximum Gasteiger partial charge on any atom is 0.258 e. The van der Waals surface area contributed by atoms with Crippen LogP contribution in [0.15, 0.2) is 47.4 Å². The second kappa shape index (κ2) is 9.66. The van der Waals surface area contributed by atoms with Gasteiger partial charge in [0, 0.05) is 13.1 Å². The lowest BCUT2D eigenvalue weighted by Crippen LogP contribution is -2.31. The number of sulfonamides is 1. The maximum absolute atomic E-state index is 14.3. The van der Waals surface area contributed by atoms with Crippen LogP contribution in [0.4, 0.5) is 10.1 Å². The van der Waals surface area contributed by atoms with Crippen molar-refractivity contribution in [1.29, 1.82) is 0 Å². The van der Waals surface area contributed by atoms with E-state index in [9.17, 15) is 17.6 Å². The zero-order valence-corrected chi connectivity index (χ0v) is 17.1. The van der Waals surface area contributed by atoms with Crippen LogP contribution in [0.25, 0.3) is 0 Å². The summed E-state index contributed by atoms with van der Waals surface area (Å²) in [5, 5.41) is 2.60. The molecule has 0 fully saturated rings. The average molecular weight is 408 g/mol. The summed E-state index contributed by atoms with van der Waals surface area (Å²) in [4.78, 5) is 12.5. The van der Waals surface area contributed by atoms with E-state index >= 15 is 0 Å². The zero-order valence-electron chi connectivity index (χ0n) is 16.2. The van der Waals surface area contributed by atoms with Crippen molar-refractivity contribution in [2.45, 2.75) is 32.1 Å². The van der Waals surface area contributed by atoms with Gasteiger partial charge in [0.2, 0.25) is 10.0 Å². The molecule has 0 spiro atoms. The fourth-order valence-electron chi connectivity index (χ4n) is 2.65. The second-order valence-corrected chi connectivity index (χ2v) is 7.97. The number of nitrogens with zero attached hydrogens (tertiary/aromatic N) is 1. The Balaban J connectivity index is 2.35. The molecular weight excluding hydrogens is 383 g/mol. The molecule has 6 nitrogen and oxygen atoms in total. The second-order valence-electron chi connectivity index (χ2n) is 6.03. The van der Waals surface area contributed by atoms with Crippen molar-refractivity contribution in [3.63, 3.8) is 0 Å². The minimum absolute atomic E-state index is 0.127. The normalized spacial score (nSPS) is 11.5. The number of amides is 1. The van der Waals surface area contributed by atoms with Gasteiger partial charge in [0.25, 0.3) is 5.91 Å². The third kappa shape index (κ3) is 4.88. The van der Waals surface area contributed by atoms with Gasteiger partial charge in [-0.15, -0.1) is 0 Å². The number of nitrogens with one attached hydrogen (secondary N) is 1. The van der Waals surface area contributed by atoms with Crippen molar-refractivity contribution in [1.82, 2.24) is 4.31 Å². The molecule has 0 aliphatic heterocycles. The van der Waals surface area contributed by atoms with E-state index in [0.717, 1.165) is 24.6 Å². The van der Waals surface area contributed by atoms with Crippen LogP contribution >= 0.6 is 0 Å². The summed E-state index contributed by atoms with van der Waals surface area (Å²) in [6.45, 7) is 6.41. The molecule has 0 bridgehead atoms. The third-order valence-corrected chi connectivity index (χ3v) is 6.17. The van der Waals surface area contributed by atoms with Gasteiger partial charge in [0.05, 0.1) is 22.8 Å². The number of halogens is 1. The van der Waals surface area contributed by atoms with Gasteiger partial charge in [0.1, 0.15) is 11.6 Å². The highest BCUT2D eigenvalue weighted by Crippen LogP contribution is 2.26. The van der Waals surface area contributed by atoms with Crippen molar-refractivity contribution in [3.8, 4) is 5.75 Å². The van der Waals surface area contributed by atoms with Crippen LogP contribution in [0.5, 0.6) is 5.75 Å². The van der Waals surface area contributed by atoms with Gasteiger partial charge in [-0.2, -0.15) is 4.31 Å². The highest BCUT2D eigenvalue weighted by atomic mass is 32.2. The van der Waals surface area contributed by atoms with Gasteiger partial charge in [0.15, 0.2) is 0 Å². The van der Waals surface area contributed by atoms with Crippen molar-refractivity contribution in [3.05, 3.63) is 53.8 Å². The molecule has 0 atom stereocenters. The van der Waals surface area contributed by atoms with E-state index in [1.807, 2.05) is 6.92 Å². The Bertz CT molecular complexity index is 928. The van der Waals surface area contributed by atoms with Crippen LogP contribution in [0, 0.1) is 5.82 Å². The Morgan fingerprint density at radius 1 is 1.11 bits per heavy atom. The van der Waals surface area contributed by atoms with Crippen molar-refractivity contribution >= 4 is 21.6 Å². The molecule has 1 amide bonds. The van der Waals surface area contributed by atoms with Crippen LogP contribution in [-0.2, 0) is 10.0 Å². The lowest BCUT2D eigenvalue weighted by Gasteiger charge is -2.19. The van der Waals surface area contributed by atoms with Crippen molar-refractivity contribution in [2.75, 3.05) is 25.0 Å². The number of anilines is 1. The molecule has 8 heteroatoms. The number of para-hydroxylation sites is 2. The highest BCUT2D eigenvalue weighted by molar-refractivity contribution is 7.89. The van der Waals surface area contributed by atoms with E-state index in [4.69, 9.17) is 4.74 Å². The first-order valence-electron chi connectivity index (χ1n) is 9.18. The SMILES string of the molecule is CCCOc1ccccc1NC(=O)c1cc(S(=O)(=O)N(CC)CC)ccc1F. The summed E-state index contributed by atoms with van der Waals surface area (Å²) in [6, 6.07) is 10.0. The average Bonchev–Trinajstić information content (AvgIpc) is 2.68.